The third-order valence-corrected chi connectivity index (χ3v) is 6.92. The van der Waals surface area contributed by atoms with Gasteiger partial charge in [0.25, 0.3) is 0 Å². The van der Waals surface area contributed by atoms with Crippen LogP contribution in [0.2, 0.25) is 5.02 Å². The second-order valence-electron chi connectivity index (χ2n) is 4.20. The van der Waals surface area contributed by atoms with Crippen LogP contribution in [0.25, 0.3) is 0 Å². The maximum atomic E-state index is 6.30. The van der Waals surface area contributed by atoms with E-state index < -0.39 is 0 Å². The number of aryl methyl sites for hydroxylation is 2. The largest absolute Gasteiger partial charge is 0.319 e. The lowest BCUT2D eigenvalue weighted by Gasteiger charge is -2.06. The summed E-state index contributed by atoms with van der Waals surface area (Å²) < 4.78 is 0.966. The summed E-state index contributed by atoms with van der Waals surface area (Å²) in [6.07, 6.45) is 3.74. The van der Waals surface area contributed by atoms with E-state index in [0.29, 0.717) is 0 Å². The van der Waals surface area contributed by atoms with E-state index in [1.807, 2.05) is 17.4 Å². The quantitative estimate of drug-likeness (QED) is 0.831. The van der Waals surface area contributed by atoms with Crippen molar-refractivity contribution in [2.75, 3.05) is 0 Å². The third-order valence-electron chi connectivity index (χ3n) is 3.04. The number of halogens is 2. The highest BCUT2D eigenvalue weighted by atomic mass is 79.9. The predicted molar refractivity (Wildman–Crippen MR) is 79.4 cm³/mol. The highest BCUT2D eigenvalue weighted by molar-refractivity contribution is 9.11. The van der Waals surface area contributed by atoms with Crippen molar-refractivity contribution in [3.63, 3.8) is 0 Å². The fourth-order valence-electron chi connectivity index (χ4n) is 2.16. The Balaban J connectivity index is 1.92. The summed E-state index contributed by atoms with van der Waals surface area (Å²) in [6, 6.07) is 4.21. The van der Waals surface area contributed by atoms with Crippen molar-refractivity contribution in [2.45, 2.75) is 25.3 Å². The van der Waals surface area contributed by atoms with Crippen molar-refractivity contribution in [2.24, 2.45) is 5.73 Å². The zero-order valence-electron chi connectivity index (χ0n) is 9.00. The van der Waals surface area contributed by atoms with Crippen molar-refractivity contribution in [3.05, 3.63) is 41.1 Å². The molecule has 90 valence electrons. The van der Waals surface area contributed by atoms with Crippen molar-refractivity contribution in [3.8, 4) is 0 Å². The monoisotopic (exact) mass is 347 g/mol. The van der Waals surface area contributed by atoms with Crippen molar-refractivity contribution >= 4 is 50.2 Å². The van der Waals surface area contributed by atoms with Crippen molar-refractivity contribution < 1.29 is 0 Å². The third kappa shape index (κ3) is 2.22. The summed E-state index contributed by atoms with van der Waals surface area (Å²) in [4.78, 5) is 3.92. The Kier molecular flexibility index (Phi) is 3.34. The molecule has 17 heavy (non-hydrogen) atoms. The van der Waals surface area contributed by atoms with E-state index in [1.54, 1.807) is 11.3 Å². The number of fused-ring (bicyclic) bond motifs is 1. The van der Waals surface area contributed by atoms with Crippen LogP contribution in [0.5, 0.6) is 0 Å². The Bertz CT molecular complexity index is 520. The van der Waals surface area contributed by atoms with Gasteiger partial charge in [-0.3, -0.25) is 0 Å². The van der Waals surface area contributed by atoms with Crippen LogP contribution in [0.3, 0.4) is 0 Å². The Morgan fingerprint density at radius 3 is 2.65 bits per heavy atom. The molecule has 5 heteroatoms. The van der Waals surface area contributed by atoms with E-state index in [-0.39, 0.29) is 6.04 Å². The number of thiophene rings is 2. The smallest absolute Gasteiger partial charge is 0.0888 e. The van der Waals surface area contributed by atoms with Gasteiger partial charge in [-0.2, -0.15) is 0 Å². The molecule has 0 aliphatic heterocycles. The fraction of sp³-hybridized carbons (Fsp3) is 0.333. The number of rotatable bonds is 2. The minimum Gasteiger partial charge on any atom is -0.319 e. The van der Waals surface area contributed by atoms with Crippen LogP contribution >= 0.6 is 50.2 Å². The normalized spacial score (nSPS) is 16.2. The van der Waals surface area contributed by atoms with Gasteiger partial charge >= 0.3 is 0 Å². The molecule has 1 aliphatic carbocycles. The molecule has 0 amide bonds. The first kappa shape index (κ1) is 12.2. The van der Waals surface area contributed by atoms with Gasteiger partial charge in [-0.05, 0) is 52.9 Å². The number of nitrogens with two attached hydrogens (primary N) is 1. The Labute approximate surface area is 122 Å². The van der Waals surface area contributed by atoms with Gasteiger partial charge in [0.15, 0.2) is 0 Å². The van der Waals surface area contributed by atoms with E-state index in [9.17, 15) is 0 Å². The minimum absolute atomic E-state index is 0.0283. The van der Waals surface area contributed by atoms with E-state index in [4.69, 9.17) is 17.3 Å². The molecule has 2 heterocycles. The lowest BCUT2D eigenvalue weighted by molar-refractivity contribution is 0.896. The molecular weight excluding hydrogens is 338 g/mol. The molecule has 1 nitrogen and oxygen atoms in total. The zero-order chi connectivity index (χ0) is 12.0. The fourth-order valence-corrected chi connectivity index (χ4v) is 5.28. The SMILES string of the molecule is NC(c1cc(Cl)c(Br)s1)c1cc2c(s1)CCC2. The van der Waals surface area contributed by atoms with Gasteiger partial charge in [-0.15, -0.1) is 22.7 Å². The van der Waals surface area contributed by atoms with Gasteiger partial charge < -0.3 is 5.73 Å². The van der Waals surface area contributed by atoms with Crippen molar-refractivity contribution in [1.29, 1.82) is 0 Å². The highest BCUT2D eigenvalue weighted by Gasteiger charge is 2.20. The molecule has 2 aromatic rings. The van der Waals surface area contributed by atoms with Crippen LogP contribution in [0.15, 0.2) is 15.9 Å². The molecule has 0 fully saturated rings. The Hall–Kier alpha value is 0.130. The maximum absolute atomic E-state index is 6.30. The van der Waals surface area contributed by atoms with Crippen LogP contribution in [-0.4, -0.2) is 0 Å². The molecule has 0 radical (unpaired) electrons. The molecule has 1 atom stereocenters. The summed E-state index contributed by atoms with van der Waals surface area (Å²) in [7, 11) is 0. The summed E-state index contributed by atoms with van der Waals surface area (Å²) in [5.41, 5.74) is 7.80. The summed E-state index contributed by atoms with van der Waals surface area (Å²) in [5.74, 6) is 0. The van der Waals surface area contributed by atoms with Gasteiger partial charge in [0.1, 0.15) is 0 Å². The molecule has 0 aromatic carbocycles. The average molecular weight is 349 g/mol. The maximum Gasteiger partial charge on any atom is 0.0888 e. The molecule has 1 unspecified atom stereocenters. The first-order valence-electron chi connectivity index (χ1n) is 5.47. The van der Waals surface area contributed by atoms with E-state index in [0.717, 1.165) is 13.7 Å². The lowest BCUT2D eigenvalue weighted by Crippen LogP contribution is -2.08. The summed E-state index contributed by atoms with van der Waals surface area (Å²) >= 11 is 13.0. The van der Waals surface area contributed by atoms with E-state index in [1.165, 1.54) is 34.6 Å². The van der Waals surface area contributed by atoms with Gasteiger partial charge in [-0.1, -0.05) is 11.6 Å². The van der Waals surface area contributed by atoms with Crippen LogP contribution < -0.4 is 5.73 Å². The van der Waals surface area contributed by atoms with Crippen LogP contribution in [-0.2, 0) is 12.8 Å². The molecule has 0 saturated carbocycles. The molecular formula is C12H11BrClNS2. The number of hydrogen-bond acceptors (Lipinski definition) is 3. The van der Waals surface area contributed by atoms with Gasteiger partial charge in [0.2, 0.25) is 0 Å². The zero-order valence-corrected chi connectivity index (χ0v) is 13.0. The molecule has 1 aliphatic rings. The predicted octanol–water partition coefficient (Wildman–Crippen LogP) is 4.76. The first-order chi connectivity index (χ1) is 8.15. The standard InChI is InChI=1S/C12H11BrClNS2/c13-12-7(14)5-10(17-12)11(15)9-4-6-2-1-3-8(6)16-9/h4-5,11H,1-3,15H2. The first-order valence-corrected chi connectivity index (χ1v) is 8.27. The topological polar surface area (TPSA) is 26.0 Å². The van der Waals surface area contributed by atoms with Crippen LogP contribution in [0, 0.1) is 0 Å². The van der Waals surface area contributed by atoms with E-state index in [2.05, 4.69) is 22.0 Å². The second-order valence-corrected chi connectivity index (χ2v) is 8.18. The average Bonchev–Trinajstić information content (AvgIpc) is 2.92. The summed E-state index contributed by atoms with van der Waals surface area (Å²) in [5, 5.41) is 0.754. The molecule has 2 aromatic heterocycles. The molecule has 0 spiro atoms. The van der Waals surface area contributed by atoms with E-state index >= 15 is 0 Å². The molecule has 3 rings (SSSR count). The van der Waals surface area contributed by atoms with Crippen molar-refractivity contribution in [1.82, 2.24) is 0 Å². The molecule has 0 saturated heterocycles. The van der Waals surface area contributed by atoms with Gasteiger partial charge in [-0.25, -0.2) is 0 Å². The Morgan fingerprint density at radius 1 is 1.24 bits per heavy atom. The Morgan fingerprint density at radius 2 is 2.00 bits per heavy atom. The molecule has 2 N–H and O–H groups in total. The summed E-state index contributed by atoms with van der Waals surface area (Å²) in [6.45, 7) is 0. The van der Waals surface area contributed by atoms with Gasteiger partial charge in [0, 0.05) is 14.6 Å². The van der Waals surface area contributed by atoms with Crippen LogP contribution in [0.4, 0.5) is 0 Å². The molecule has 0 bridgehead atoms. The lowest BCUT2D eigenvalue weighted by atomic mass is 10.2. The second kappa shape index (κ2) is 4.67. The van der Waals surface area contributed by atoms with Gasteiger partial charge in [0.05, 0.1) is 14.9 Å². The minimum atomic E-state index is -0.0283. The number of hydrogen-bond donors (Lipinski definition) is 1. The highest BCUT2D eigenvalue weighted by Crippen LogP contribution is 2.40. The van der Waals surface area contributed by atoms with Crippen LogP contribution in [0.1, 0.15) is 32.7 Å².